The lowest BCUT2D eigenvalue weighted by Gasteiger charge is -2.12. The molecule has 28 heavy (non-hydrogen) atoms. The topological polar surface area (TPSA) is 67.4 Å². The summed E-state index contributed by atoms with van der Waals surface area (Å²) < 4.78 is 6.76. The molecule has 0 unspecified atom stereocenters. The summed E-state index contributed by atoms with van der Waals surface area (Å²) in [7, 11) is 0. The molecule has 1 fully saturated rings. The third kappa shape index (κ3) is 4.76. The van der Waals surface area contributed by atoms with Crippen LogP contribution in [-0.4, -0.2) is 40.3 Å². The number of pyridine rings is 1. The van der Waals surface area contributed by atoms with Crippen molar-refractivity contribution >= 4 is 44.0 Å². The summed E-state index contributed by atoms with van der Waals surface area (Å²) in [6.07, 6.45) is 4.01. The quantitative estimate of drug-likeness (QED) is 0.495. The fourth-order valence-corrected chi connectivity index (χ4v) is 4.02. The molecular formula is C20H19BrN4O2S. The molecule has 3 aromatic rings. The fourth-order valence-electron chi connectivity index (χ4n) is 2.99. The SMILES string of the molecule is O=C(CN1CCCC1)c1csc(Nc2ncc(Br)cc2Oc2ccccc2)n1. The molecule has 0 aliphatic carbocycles. The molecule has 6 nitrogen and oxygen atoms in total. The molecule has 1 aliphatic rings. The molecule has 0 spiro atoms. The largest absolute Gasteiger partial charge is 0.453 e. The second-order valence-electron chi connectivity index (χ2n) is 6.48. The minimum atomic E-state index is 0.0516. The first-order chi connectivity index (χ1) is 13.7. The van der Waals surface area contributed by atoms with E-state index in [1.165, 1.54) is 11.3 Å². The smallest absolute Gasteiger partial charge is 0.196 e. The number of anilines is 2. The maximum absolute atomic E-state index is 12.4. The van der Waals surface area contributed by atoms with Crippen LogP contribution in [0.2, 0.25) is 0 Å². The number of nitrogens with one attached hydrogen (secondary N) is 1. The summed E-state index contributed by atoms with van der Waals surface area (Å²) >= 11 is 4.81. The first-order valence-electron chi connectivity index (χ1n) is 9.04. The van der Waals surface area contributed by atoms with Gasteiger partial charge in [0.05, 0.1) is 6.54 Å². The predicted molar refractivity (Wildman–Crippen MR) is 114 cm³/mol. The van der Waals surface area contributed by atoms with Gasteiger partial charge >= 0.3 is 0 Å². The number of aromatic nitrogens is 2. The second kappa shape index (κ2) is 8.81. The third-order valence-corrected chi connectivity index (χ3v) is 5.56. The second-order valence-corrected chi connectivity index (χ2v) is 8.26. The van der Waals surface area contributed by atoms with Crippen LogP contribution in [0.15, 0.2) is 52.4 Å². The fraction of sp³-hybridized carbons (Fsp3) is 0.250. The number of para-hydroxylation sites is 1. The Balaban J connectivity index is 1.48. The monoisotopic (exact) mass is 458 g/mol. The molecule has 144 valence electrons. The van der Waals surface area contributed by atoms with Crippen molar-refractivity contribution in [1.82, 2.24) is 14.9 Å². The number of benzene rings is 1. The van der Waals surface area contributed by atoms with Crippen molar-refractivity contribution in [2.24, 2.45) is 0 Å². The van der Waals surface area contributed by atoms with E-state index in [1.807, 2.05) is 36.4 Å². The van der Waals surface area contributed by atoms with E-state index in [4.69, 9.17) is 4.74 Å². The van der Waals surface area contributed by atoms with Gasteiger partial charge in [-0.3, -0.25) is 9.69 Å². The summed E-state index contributed by atoms with van der Waals surface area (Å²) in [5.41, 5.74) is 0.488. The Kier molecular flexibility index (Phi) is 5.99. The van der Waals surface area contributed by atoms with Crippen LogP contribution in [0.3, 0.4) is 0 Å². The Morgan fingerprint density at radius 1 is 1.25 bits per heavy atom. The van der Waals surface area contributed by atoms with E-state index in [9.17, 15) is 4.79 Å². The number of likely N-dealkylation sites (tertiary alicyclic amines) is 1. The highest BCUT2D eigenvalue weighted by Crippen LogP contribution is 2.33. The van der Waals surface area contributed by atoms with Crippen molar-refractivity contribution in [1.29, 1.82) is 0 Å². The number of carbonyl (C=O) groups excluding carboxylic acids is 1. The number of thiazole rings is 1. The van der Waals surface area contributed by atoms with Crippen molar-refractivity contribution in [2.45, 2.75) is 12.8 Å². The Morgan fingerprint density at radius 2 is 2.04 bits per heavy atom. The van der Waals surface area contributed by atoms with Gasteiger partial charge in [0.2, 0.25) is 0 Å². The number of Topliss-reactive ketones (excluding diaryl/α,β-unsaturated/α-hetero) is 1. The van der Waals surface area contributed by atoms with Crippen LogP contribution < -0.4 is 10.1 Å². The molecular weight excluding hydrogens is 440 g/mol. The van der Waals surface area contributed by atoms with Gasteiger partial charge < -0.3 is 10.1 Å². The van der Waals surface area contributed by atoms with Crippen LogP contribution in [0.1, 0.15) is 23.3 Å². The zero-order chi connectivity index (χ0) is 19.3. The molecule has 0 bridgehead atoms. The zero-order valence-electron chi connectivity index (χ0n) is 15.1. The van der Waals surface area contributed by atoms with Gasteiger partial charge in [-0.15, -0.1) is 11.3 Å². The Morgan fingerprint density at radius 3 is 2.82 bits per heavy atom. The summed E-state index contributed by atoms with van der Waals surface area (Å²) in [5.74, 6) is 1.88. The van der Waals surface area contributed by atoms with Gasteiger partial charge in [-0.05, 0) is 54.0 Å². The van der Waals surface area contributed by atoms with Gasteiger partial charge in [0.1, 0.15) is 11.4 Å². The molecule has 0 radical (unpaired) electrons. The Hall–Kier alpha value is -2.29. The van der Waals surface area contributed by atoms with Crippen LogP contribution in [0.25, 0.3) is 0 Å². The molecule has 1 N–H and O–H groups in total. The molecule has 0 saturated carbocycles. The Labute approximate surface area is 175 Å². The molecule has 3 heterocycles. The number of carbonyl (C=O) groups is 1. The summed E-state index contributed by atoms with van der Waals surface area (Å²) in [4.78, 5) is 23.5. The lowest BCUT2D eigenvalue weighted by atomic mass is 10.3. The van der Waals surface area contributed by atoms with Crippen molar-refractivity contribution in [3.05, 3.63) is 58.1 Å². The molecule has 1 aliphatic heterocycles. The highest BCUT2D eigenvalue weighted by atomic mass is 79.9. The minimum absolute atomic E-state index is 0.0516. The lowest BCUT2D eigenvalue weighted by molar-refractivity contribution is 0.0941. The maximum Gasteiger partial charge on any atom is 0.196 e. The average Bonchev–Trinajstić information content (AvgIpc) is 3.37. The van der Waals surface area contributed by atoms with Crippen molar-refractivity contribution in [2.75, 3.05) is 25.0 Å². The van der Waals surface area contributed by atoms with E-state index in [2.05, 4.69) is 36.1 Å². The number of halogens is 1. The molecule has 1 saturated heterocycles. The van der Waals surface area contributed by atoms with Crippen LogP contribution in [-0.2, 0) is 0 Å². The molecule has 1 aromatic carbocycles. The van der Waals surface area contributed by atoms with Gasteiger partial charge in [-0.25, -0.2) is 9.97 Å². The van der Waals surface area contributed by atoms with Crippen molar-refractivity contribution < 1.29 is 9.53 Å². The van der Waals surface area contributed by atoms with Crippen LogP contribution in [0, 0.1) is 0 Å². The maximum atomic E-state index is 12.4. The standard InChI is InChI=1S/C20H19BrN4O2S/c21-14-10-18(27-15-6-2-1-3-7-15)19(22-11-14)24-20-23-16(13-28-20)17(26)12-25-8-4-5-9-25/h1-3,6-7,10-11,13H,4-5,8-9,12H2,(H,22,23,24). The third-order valence-electron chi connectivity index (χ3n) is 4.37. The van der Waals surface area contributed by atoms with Crippen LogP contribution in [0.4, 0.5) is 10.9 Å². The van der Waals surface area contributed by atoms with E-state index >= 15 is 0 Å². The zero-order valence-corrected chi connectivity index (χ0v) is 17.5. The summed E-state index contributed by atoms with van der Waals surface area (Å²) in [5, 5.41) is 5.57. The van der Waals surface area contributed by atoms with E-state index < -0.39 is 0 Å². The molecule has 2 aromatic heterocycles. The number of nitrogens with zero attached hydrogens (tertiary/aromatic N) is 3. The normalized spacial score (nSPS) is 14.2. The van der Waals surface area contributed by atoms with Gasteiger partial charge in [0, 0.05) is 22.1 Å². The number of ether oxygens (including phenoxy) is 1. The number of hydrogen-bond donors (Lipinski definition) is 1. The van der Waals surface area contributed by atoms with Crippen molar-refractivity contribution in [3.8, 4) is 11.5 Å². The highest BCUT2D eigenvalue weighted by Gasteiger charge is 2.19. The predicted octanol–water partition coefficient (Wildman–Crippen LogP) is 5.12. The first kappa shape index (κ1) is 19.0. The molecule has 0 amide bonds. The molecule has 4 rings (SSSR count). The number of ketones is 1. The van der Waals surface area contributed by atoms with Crippen LogP contribution in [0.5, 0.6) is 11.5 Å². The van der Waals surface area contributed by atoms with E-state index in [1.54, 1.807) is 11.6 Å². The van der Waals surface area contributed by atoms with Gasteiger partial charge in [-0.1, -0.05) is 18.2 Å². The summed E-state index contributed by atoms with van der Waals surface area (Å²) in [6.45, 7) is 2.41. The summed E-state index contributed by atoms with van der Waals surface area (Å²) in [6, 6.07) is 11.4. The van der Waals surface area contributed by atoms with E-state index in [-0.39, 0.29) is 5.78 Å². The number of hydrogen-bond acceptors (Lipinski definition) is 7. The van der Waals surface area contributed by atoms with Gasteiger partial charge in [0.25, 0.3) is 0 Å². The Bertz CT molecular complexity index is 958. The van der Waals surface area contributed by atoms with E-state index in [0.717, 1.165) is 30.4 Å². The molecule has 0 atom stereocenters. The van der Waals surface area contributed by atoms with Crippen molar-refractivity contribution in [3.63, 3.8) is 0 Å². The van der Waals surface area contributed by atoms with Gasteiger partial charge in [-0.2, -0.15) is 0 Å². The van der Waals surface area contributed by atoms with Gasteiger partial charge in [0.15, 0.2) is 22.5 Å². The van der Waals surface area contributed by atoms with Crippen LogP contribution >= 0.6 is 27.3 Å². The lowest BCUT2D eigenvalue weighted by Crippen LogP contribution is -2.27. The minimum Gasteiger partial charge on any atom is -0.453 e. The molecule has 8 heteroatoms. The first-order valence-corrected chi connectivity index (χ1v) is 10.7. The number of rotatable bonds is 7. The average molecular weight is 459 g/mol. The highest BCUT2D eigenvalue weighted by molar-refractivity contribution is 9.10. The van der Waals surface area contributed by atoms with E-state index in [0.29, 0.717) is 34.7 Å².